The van der Waals surface area contributed by atoms with Crippen LogP contribution in [0.2, 0.25) is 0 Å². The van der Waals surface area contributed by atoms with E-state index in [9.17, 15) is 0 Å². The van der Waals surface area contributed by atoms with Crippen LogP contribution in [-0.2, 0) is 0 Å². The molecule has 2 aromatic heterocycles. The summed E-state index contributed by atoms with van der Waals surface area (Å²) in [5, 5.41) is 2.81. The summed E-state index contributed by atoms with van der Waals surface area (Å²) in [6.07, 6.45) is 5.00. The number of nitrogens with zero attached hydrogens (tertiary/aromatic N) is 3. The number of thiazole rings is 1. The van der Waals surface area contributed by atoms with Crippen LogP contribution < -0.4 is 9.47 Å². The molecule has 106 valence electrons. The van der Waals surface area contributed by atoms with E-state index in [1.165, 1.54) is 11.3 Å². The molecule has 1 aromatic carbocycles. The third-order valence-corrected chi connectivity index (χ3v) is 3.84. The quantitative estimate of drug-likeness (QED) is 0.740. The van der Waals surface area contributed by atoms with Gasteiger partial charge in [-0.25, -0.2) is 4.98 Å². The van der Waals surface area contributed by atoms with Crippen LogP contribution in [0.4, 0.5) is 0 Å². The second-order valence-electron chi connectivity index (χ2n) is 4.19. The first-order valence-electron chi connectivity index (χ1n) is 6.26. The molecule has 0 saturated carbocycles. The van der Waals surface area contributed by atoms with E-state index in [1.807, 2.05) is 23.6 Å². The molecule has 0 radical (unpaired) electrons. The van der Waals surface area contributed by atoms with Crippen molar-refractivity contribution in [2.45, 2.75) is 0 Å². The zero-order chi connectivity index (χ0) is 14.7. The predicted octanol–water partition coefficient (Wildman–Crippen LogP) is 3.28. The lowest BCUT2D eigenvalue weighted by Gasteiger charge is -2.08. The Kier molecular flexibility index (Phi) is 3.79. The van der Waals surface area contributed by atoms with Gasteiger partial charge in [-0.3, -0.25) is 9.97 Å². The van der Waals surface area contributed by atoms with Crippen molar-refractivity contribution in [1.29, 1.82) is 0 Å². The molecule has 3 rings (SSSR count). The zero-order valence-electron chi connectivity index (χ0n) is 11.6. The summed E-state index contributed by atoms with van der Waals surface area (Å²) in [5.74, 6) is 1.48. The minimum Gasteiger partial charge on any atom is -0.497 e. The molecule has 0 spiro atoms. The Morgan fingerprint density at radius 2 is 1.95 bits per heavy atom. The highest BCUT2D eigenvalue weighted by molar-refractivity contribution is 7.13. The van der Waals surface area contributed by atoms with E-state index < -0.39 is 0 Å². The van der Waals surface area contributed by atoms with Crippen molar-refractivity contribution in [3.8, 4) is 33.5 Å². The standard InChI is InChI=1S/C15H13N3O2S/c1-19-10-3-4-11(14(7-10)20-2)13-9-21-15(18-13)12-8-16-5-6-17-12/h3-9H,1-2H3. The fourth-order valence-corrected chi connectivity index (χ4v) is 2.71. The van der Waals surface area contributed by atoms with Crippen molar-refractivity contribution >= 4 is 11.3 Å². The zero-order valence-corrected chi connectivity index (χ0v) is 12.4. The third kappa shape index (κ3) is 2.71. The van der Waals surface area contributed by atoms with Crippen LogP contribution in [-0.4, -0.2) is 29.2 Å². The molecule has 0 amide bonds. The second kappa shape index (κ2) is 5.88. The highest BCUT2D eigenvalue weighted by atomic mass is 32.1. The molecule has 0 aliphatic rings. The lowest BCUT2D eigenvalue weighted by molar-refractivity contribution is 0.395. The molecule has 0 atom stereocenters. The maximum absolute atomic E-state index is 5.41. The van der Waals surface area contributed by atoms with Crippen molar-refractivity contribution in [2.75, 3.05) is 14.2 Å². The van der Waals surface area contributed by atoms with Crippen LogP contribution in [0.1, 0.15) is 0 Å². The van der Waals surface area contributed by atoms with Gasteiger partial charge in [-0.1, -0.05) is 0 Å². The first-order chi connectivity index (χ1) is 10.3. The lowest BCUT2D eigenvalue weighted by atomic mass is 10.1. The third-order valence-electron chi connectivity index (χ3n) is 2.97. The Bertz CT molecular complexity index is 744. The lowest BCUT2D eigenvalue weighted by Crippen LogP contribution is -1.91. The summed E-state index contributed by atoms with van der Waals surface area (Å²) in [6.45, 7) is 0. The molecule has 0 fully saturated rings. The van der Waals surface area contributed by atoms with Crippen molar-refractivity contribution in [3.63, 3.8) is 0 Å². The van der Waals surface area contributed by atoms with Crippen molar-refractivity contribution in [1.82, 2.24) is 15.0 Å². The molecule has 2 heterocycles. The number of methoxy groups -OCH3 is 2. The Morgan fingerprint density at radius 3 is 2.67 bits per heavy atom. The Hall–Kier alpha value is -2.47. The van der Waals surface area contributed by atoms with Crippen LogP contribution in [0.5, 0.6) is 11.5 Å². The van der Waals surface area contributed by atoms with Gasteiger partial charge in [0.2, 0.25) is 0 Å². The van der Waals surface area contributed by atoms with Gasteiger partial charge in [-0.15, -0.1) is 11.3 Å². The normalized spacial score (nSPS) is 10.4. The average molecular weight is 299 g/mol. The van der Waals surface area contributed by atoms with Gasteiger partial charge in [0, 0.05) is 29.4 Å². The fraction of sp³-hybridized carbons (Fsp3) is 0.133. The molecule has 0 aliphatic heterocycles. The van der Waals surface area contributed by atoms with Crippen molar-refractivity contribution in [2.24, 2.45) is 0 Å². The average Bonchev–Trinajstić information content (AvgIpc) is 3.04. The number of hydrogen-bond donors (Lipinski definition) is 0. The molecule has 0 unspecified atom stereocenters. The molecule has 21 heavy (non-hydrogen) atoms. The van der Waals surface area contributed by atoms with E-state index >= 15 is 0 Å². The maximum Gasteiger partial charge on any atom is 0.144 e. The maximum atomic E-state index is 5.41. The first kappa shape index (κ1) is 13.5. The van der Waals surface area contributed by atoms with Crippen LogP contribution in [0.3, 0.4) is 0 Å². The van der Waals surface area contributed by atoms with Crippen molar-refractivity contribution in [3.05, 3.63) is 42.2 Å². The monoisotopic (exact) mass is 299 g/mol. The molecule has 5 nitrogen and oxygen atoms in total. The summed E-state index contributed by atoms with van der Waals surface area (Å²) >= 11 is 1.53. The van der Waals surface area contributed by atoms with Gasteiger partial charge in [0.25, 0.3) is 0 Å². The van der Waals surface area contributed by atoms with E-state index in [-0.39, 0.29) is 0 Å². The molecule has 0 bridgehead atoms. The first-order valence-corrected chi connectivity index (χ1v) is 7.14. The highest BCUT2D eigenvalue weighted by Gasteiger charge is 2.12. The summed E-state index contributed by atoms with van der Waals surface area (Å²) in [4.78, 5) is 12.9. The minimum atomic E-state index is 0.727. The summed E-state index contributed by atoms with van der Waals surface area (Å²) < 4.78 is 10.6. The SMILES string of the molecule is COc1ccc(-c2csc(-c3cnccn3)n2)c(OC)c1. The smallest absolute Gasteiger partial charge is 0.144 e. The van der Waals surface area contributed by atoms with Crippen LogP contribution in [0.15, 0.2) is 42.2 Å². The van der Waals surface area contributed by atoms with Crippen LogP contribution in [0, 0.1) is 0 Å². The largest absolute Gasteiger partial charge is 0.497 e. The van der Waals surface area contributed by atoms with E-state index in [1.54, 1.807) is 32.8 Å². The molecule has 3 aromatic rings. The number of ether oxygens (including phenoxy) is 2. The van der Waals surface area contributed by atoms with Crippen molar-refractivity contribution < 1.29 is 9.47 Å². The van der Waals surface area contributed by atoms with E-state index in [0.717, 1.165) is 33.5 Å². The Morgan fingerprint density at radius 1 is 1.05 bits per heavy atom. The summed E-state index contributed by atoms with van der Waals surface area (Å²) in [5.41, 5.74) is 2.53. The second-order valence-corrected chi connectivity index (χ2v) is 5.05. The molecule has 0 saturated heterocycles. The molecule has 6 heteroatoms. The molecular formula is C15H13N3O2S. The number of hydrogen-bond acceptors (Lipinski definition) is 6. The van der Waals surface area contributed by atoms with Crippen LogP contribution in [0.25, 0.3) is 22.0 Å². The number of rotatable bonds is 4. The van der Waals surface area contributed by atoms with Crippen LogP contribution >= 0.6 is 11.3 Å². The van der Waals surface area contributed by atoms with Gasteiger partial charge in [0.15, 0.2) is 0 Å². The van der Waals surface area contributed by atoms with Gasteiger partial charge < -0.3 is 9.47 Å². The molecular weight excluding hydrogens is 286 g/mol. The van der Waals surface area contributed by atoms with E-state index in [4.69, 9.17) is 9.47 Å². The minimum absolute atomic E-state index is 0.727. The fourth-order valence-electron chi connectivity index (χ4n) is 1.93. The molecule has 0 N–H and O–H groups in total. The van der Waals surface area contributed by atoms with Gasteiger partial charge in [-0.2, -0.15) is 0 Å². The Balaban J connectivity index is 2.00. The highest BCUT2D eigenvalue weighted by Crippen LogP contribution is 2.35. The summed E-state index contributed by atoms with van der Waals surface area (Å²) in [6, 6.07) is 5.67. The topological polar surface area (TPSA) is 57.1 Å². The van der Waals surface area contributed by atoms with E-state index in [2.05, 4.69) is 15.0 Å². The van der Waals surface area contributed by atoms with Gasteiger partial charge >= 0.3 is 0 Å². The van der Waals surface area contributed by atoms with E-state index in [0.29, 0.717) is 0 Å². The number of benzene rings is 1. The predicted molar refractivity (Wildman–Crippen MR) is 81.7 cm³/mol. The van der Waals surface area contributed by atoms with Gasteiger partial charge in [-0.05, 0) is 12.1 Å². The van der Waals surface area contributed by atoms with Gasteiger partial charge in [0.05, 0.1) is 26.1 Å². The Labute approximate surface area is 126 Å². The summed E-state index contributed by atoms with van der Waals surface area (Å²) in [7, 11) is 3.26. The molecule has 0 aliphatic carbocycles. The number of aromatic nitrogens is 3. The van der Waals surface area contributed by atoms with Gasteiger partial charge in [0.1, 0.15) is 22.2 Å².